The van der Waals surface area contributed by atoms with Gasteiger partial charge in [0.15, 0.2) is 31.5 Å². The maximum Gasteiger partial charge on any atom is 0.246 e. The molecule has 6 aliphatic heterocycles. The minimum atomic E-state index is -3.61. The number of carbonyl (C=O) groups excluding carboxylic acids is 5. The van der Waals surface area contributed by atoms with Gasteiger partial charge in [0.2, 0.25) is 29.9 Å². The SMILES string of the molecule is CC(=O)N[C@H]1[C@H](O[C@H]2[C@@H](O)[C@@H](CO)O[C@@H](O[C@H]3[C@@H](O)[C@@H](CO)O[C@@H](O[C@@H]4[C@H](O[C@]5(C(=O)[O-])C[C@H](O)[C@@H](NC(=O)CO)[C@H]([C@H](O)[C@H](O)CO)O5)[C@@H](O)[C@H](O[C@H]5[C@H](O)[C@@H](O)[C@H](OC[C@@H](CO)NC=O)O[C@@H]5CO)O[C@@H]4CO)[C@@H]3NC(C)=O)[C@@H]2O)O[C@H](CO)[C@@H](O)[C@@H]1O. The molecule has 41 heteroatoms. The quantitative estimate of drug-likeness (QED) is 0.0309. The van der Waals surface area contributed by atoms with Crippen LogP contribution in [0.5, 0.6) is 0 Å². The number of carboxylic acids is 1. The second-order valence-corrected chi connectivity index (χ2v) is 21.9. The molecule has 6 rings (SSSR count). The Kier molecular flexibility index (Phi) is 28.0. The number of amides is 4. The molecule has 6 aliphatic rings. The van der Waals surface area contributed by atoms with E-state index in [-0.39, 0.29) is 6.41 Å². The van der Waals surface area contributed by atoms with Crippen molar-refractivity contribution < 1.29 is 183 Å². The Morgan fingerprint density at radius 1 is 0.533 bits per heavy atom. The van der Waals surface area contributed by atoms with Gasteiger partial charge in [-0.2, -0.15) is 0 Å². The normalized spacial score (nSPS) is 43.5. The van der Waals surface area contributed by atoms with E-state index in [0.29, 0.717) is 0 Å². The van der Waals surface area contributed by atoms with Crippen molar-refractivity contribution in [1.29, 1.82) is 0 Å². The summed E-state index contributed by atoms with van der Waals surface area (Å²) in [6.45, 7) is -7.63. The first-order valence-corrected chi connectivity index (χ1v) is 28.1. The van der Waals surface area contributed by atoms with Crippen LogP contribution in [0.2, 0.25) is 0 Å². The number of ether oxygens (including phenoxy) is 12. The summed E-state index contributed by atoms with van der Waals surface area (Å²) in [5.74, 6) is -9.22. The Hall–Kier alpha value is -3.89. The molecule has 0 bridgehead atoms. The van der Waals surface area contributed by atoms with Crippen molar-refractivity contribution in [2.45, 2.75) is 216 Å². The minimum Gasteiger partial charge on any atom is -0.544 e. The zero-order valence-electron chi connectivity index (χ0n) is 47.9. The molecule has 0 spiro atoms. The van der Waals surface area contributed by atoms with Gasteiger partial charge in [-0.25, -0.2) is 0 Å². The standard InChI is InChI=1S/C49H82N4O37/c1-14(63)51-26-32(72)29(69)19(6-56)80-43(26)88-41-31(71)21(8-58)82-46(35(41)75)87-39-27(52-15(2)64)44(81-20(7-57)30(39)70)86-38-23(10-60)84-47(85-37-22(9-59)83-45(34(74)33(37)73)79-12-16(4-54)50-13-62)36(76)42(38)90-49(48(77)78)3-17(65)25(53-24(67)11-61)40(89-49)28(68)18(66)5-55/h13,16-23,25-47,54-61,65-66,68-76H,3-12H2,1-2H3,(H,50,62)(H,51,63)(H,52,64)(H,53,67)(H,77,78)/p-1/t16-,17+,18-,19-,20-,21-,22-,23-,25-,26-,27-,28-,29-,30+,31+,32-,33-,34-,35-,36-,37-,38+,39-,40-,41+,42-,43+,44+,45-,46+,47+,49+/m1/s1. The lowest BCUT2D eigenvalue weighted by Gasteiger charge is -2.54. The van der Waals surface area contributed by atoms with Crippen LogP contribution in [0.25, 0.3) is 0 Å². The molecule has 6 heterocycles. The summed E-state index contributed by atoms with van der Waals surface area (Å²) in [7, 11) is 0. The highest BCUT2D eigenvalue weighted by Gasteiger charge is 2.61. The molecule has 0 radical (unpaired) electrons. The van der Waals surface area contributed by atoms with Crippen molar-refractivity contribution in [3.63, 3.8) is 0 Å². The lowest BCUT2D eigenvalue weighted by molar-refractivity contribution is -0.421. The van der Waals surface area contributed by atoms with Gasteiger partial charge in [0.05, 0.1) is 71.0 Å². The Morgan fingerprint density at radius 2 is 1.01 bits per heavy atom. The molecular weight excluding hydrogens is 1240 g/mol. The van der Waals surface area contributed by atoms with Gasteiger partial charge >= 0.3 is 0 Å². The van der Waals surface area contributed by atoms with Crippen LogP contribution in [0.1, 0.15) is 20.3 Å². The monoisotopic (exact) mass is 1320 g/mol. The predicted molar refractivity (Wildman–Crippen MR) is 274 cm³/mol. The lowest BCUT2D eigenvalue weighted by Crippen LogP contribution is -2.73. The molecular formula is C49H81N4O37-. The van der Waals surface area contributed by atoms with Crippen LogP contribution < -0.4 is 26.4 Å². The number of hydrogen-bond donors (Lipinski definition) is 23. The third kappa shape index (κ3) is 17.0. The van der Waals surface area contributed by atoms with Gasteiger partial charge in [-0.1, -0.05) is 0 Å². The summed E-state index contributed by atoms with van der Waals surface area (Å²) in [4.78, 5) is 62.5. The number of aliphatic hydroxyl groups is 19. The molecule has 0 unspecified atom stereocenters. The number of rotatable bonds is 29. The van der Waals surface area contributed by atoms with E-state index < -0.39 is 285 Å². The molecule has 90 heavy (non-hydrogen) atoms. The molecule has 6 saturated heterocycles. The highest BCUT2D eigenvalue weighted by atomic mass is 16.8. The van der Waals surface area contributed by atoms with Gasteiger partial charge in [0.1, 0.15) is 153 Å². The highest BCUT2D eigenvalue weighted by Crippen LogP contribution is 2.41. The Labute approximate surface area is 508 Å². The highest BCUT2D eigenvalue weighted by molar-refractivity contribution is 5.78. The van der Waals surface area contributed by atoms with Crippen LogP contribution in [0.4, 0.5) is 0 Å². The minimum absolute atomic E-state index is 0.216. The topological polar surface area (TPSA) is 652 Å². The van der Waals surface area contributed by atoms with E-state index in [2.05, 4.69) is 21.3 Å². The van der Waals surface area contributed by atoms with Crippen LogP contribution in [0.15, 0.2) is 0 Å². The zero-order valence-corrected chi connectivity index (χ0v) is 47.9. The van der Waals surface area contributed by atoms with Crippen LogP contribution in [0, 0.1) is 0 Å². The first-order valence-electron chi connectivity index (χ1n) is 28.1. The number of carboxylic acid groups (broad SMARTS) is 1. The molecule has 41 nitrogen and oxygen atoms in total. The van der Waals surface area contributed by atoms with Gasteiger partial charge in [-0.3, -0.25) is 19.2 Å². The van der Waals surface area contributed by atoms with E-state index in [1.54, 1.807) is 0 Å². The third-order valence-electron chi connectivity index (χ3n) is 15.7. The molecule has 6 fully saturated rings. The summed E-state index contributed by atoms with van der Waals surface area (Å²) >= 11 is 0. The van der Waals surface area contributed by atoms with Crippen LogP contribution in [-0.4, -0.2) is 382 Å². The molecule has 4 amide bonds. The van der Waals surface area contributed by atoms with Crippen molar-refractivity contribution in [2.75, 3.05) is 59.5 Å². The van der Waals surface area contributed by atoms with Crippen molar-refractivity contribution >= 4 is 30.1 Å². The van der Waals surface area contributed by atoms with E-state index in [1.807, 2.05) is 0 Å². The Morgan fingerprint density at radius 3 is 1.54 bits per heavy atom. The van der Waals surface area contributed by atoms with Gasteiger partial charge < -0.3 is 185 Å². The van der Waals surface area contributed by atoms with E-state index in [9.17, 15) is 126 Å². The molecule has 0 aromatic carbocycles. The van der Waals surface area contributed by atoms with Crippen molar-refractivity contribution in [2.24, 2.45) is 0 Å². The number of aliphatic carboxylic acids is 1. The smallest absolute Gasteiger partial charge is 0.246 e. The van der Waals surface area contributed by atoms with Crippen LogP contribution >= 0.6 is 0 Å². The van der Waals surface area contributed by atoms with Gasteiger partial charge in [-0.15, -0.1) is 0 Å². The Bertz CT molecular complexity index is 2290. The van der Waals surface area contributed by atoms with E-state index in [4.69, 9.17) is 56.8 Å². The molecule has 32 atom stereocenters. The number of aliphatic hydroxyl groups excluding tert-OH is 19. The third-order valence-corrected chi connectivity index (χ3v) is 15.7. The van der Waals surface area contributed by atoms with Gasteiger partial charge in [-0.05, 0) is 0 Å². The maximum atomic E-state index is 13.6. The zero-order chi connectivity index (χ0) is 66.8. The average molecular weight is 1320 g/mol. The first kappa shape index (κ1) is 75.1. The summed E-state index contributed by atoms with van der Waals surface area (Å²) in [6, 6.07) is -6.81. The van der Waals surface area contributed by atoms with E-state index in [0.717, 1.165) is 13.8 Å². The maximum absolute atomic E-state index is 13.6. The van der Waals surface area contributed by atoms with Gasteiger partial charge in [0.25, 0.3) is 0 Å². The summed E-state index contributed by atoms with van der Waals surface area (Å²) in [6.07, 6.45) is -59.4. The number of hydrogen-bond acceptors (Lipinski definition) is 37. The van der Waals surface area contributed by atoms with Crippen LogP contribution in [0.3, 0.4) is 0 Å². The molecule has 520 valence electrons. The lowest BCUT2D eigenvalue weighted by atomic mass is 9.88. The van der Waals surface area contributed by atoms with E-state index >= 15 is 0 Å². The second kappa shape index (κ2) is 33.5. The summed E-state index contributed by atoms with van der Waals surface area (Å²) in [5.41, 5.74) is 0. The largest absolute Gasteiger partial charge is 0.544 e. The van der Waals surface area contributed by atoms with Crippen molar-refractivity contribution in [1.82, 2.24) is 21.3 Å². The average Bonchev–Trinajstić information content (AvgIpc) is 0.762. The predicted octanol–water partition coefficient (Wildman–Crippen LogP) is -17.7. The summed E-state index contributed by atoms with van der Waals surface area (Å²) < 4.78 is 70.0. The number of carbonyl (C=O) groups is 5. The first-order chi connectivity index (χ1) is 42.6. The van der Waals surface area contributed by atoms with Crippen molar-refractivity contribution in [3.8, 4) is 0 Å². The fourth-order valence-electron chi connectivity index (χ4n) is 11.0. The fourth-order valence-corrected chi connectivity index (χ4v) is 11.0. The Balaban J connectivity index is 1.41. The van der Waals surface area contributed by atoms with Gasteiger partial charge in [0, 0.05) is 20.3 Å². The molecule has 0 aromatic heterocycles. The second-order valence-electron chi connectivity index (χ2n) is 21.9. The van der Waals surface area contributed by atoms with Crippen molar-refractivity contribution in [3.05, 3.63) is 0 Å². The molecule has 0 aliphatic carbocycles. The number of nitrogens with one attached hydrogen (secondary N) is 4. The molecule has 23 N–H and O–H groups in total. The fraction of sp³-hybridized carbons (Fsp3) is 0.898. The molecule has 0 aromatic rings. The van der Waals surface area contributed by atoms with Crippen LogP contribution in [-0.2, 0) is 80.8 Å². The summed E-state index contributed by atoms with van der Waals surface area (Å²) in [5, 5.41) is 229. The van der Waals surface area contributed by atoms with E-state index in [1.165, 1.54) is 0 Å². The molecule has 0 saturated carbocycles.